The second kappa shape index (κ2) is 7.44. The molecular formula is C22H21NOSSi. The van der Waals surface area contributed by atoms with E-state index in [1.54, 1.807) is 11.8 Å². The van der Waals surface area contributed by atoms with Crippen LogP contribution in [0.4, 0.5) is 11.4 Å². The predicted molar refractivity (Wildman–Crippen MR) is 115 cm³/mol. The van der Waals surface area contributed by atoms with Gasteiger partial charge in [-0.2, -0.15) is 0 Å². The Kier molecular flexibility index (Phi) is 4.86. The third-order valence-electron chi connectivity index (χ3n) is 4.50. The van der Waals surface area contributed by atoms with Gasteiger partial charge in [0.25, 0.3) is 0 Å². The molecule has 3 aromatic rings. The molecule has 0 atom stereocenters. The number of nitrogens with zero attached hydrogens (tertiary/aromatic N) is 1. The molecule has 0 amide bonds. The molecule has 4 heteroatoms. The second-order valence-electron chi connectivity index (χ2n) is 6.10. The first-order valence-electron chi connectivity index (χ1n) is 8.82. The van der Waals surface area contributed by atoms with Gasteiger partial charge in [-0.1, -0.05) is 66.4 Å². The maximum atomic E-state index is 6.30. The molecule has 0 bridgehead atoms. The molecule has 0 unspecified atom stereocenters. The van der Waals surface area contributed by atoms with Crippen molar-refractivity contribution in [3.8, 4) is 0 Å². The zero-order chi connectivity index (χ0) is 17.9. The Balaban J connectivity index is 1.95. The van der Waals surface area contributed by atoms with E-state index in [0.717, 1.165) is 5.09 Å². The molecule has 1 aliphatic rings. The van der Waals surface area contributed by atoms with Crippen molar-refractivity contribution < 1.29 is 4.43 Å². The maximum Gasteiger partial charge on any atom is 0.217 e. The van der Waals surface area contributed by atoms with Crippen LogP contribution < -0.4 is 4.90 Å². The van der Waals surface area contributed by atoms with Gasteiger partial charge in [0.05, 0.1) is 0 Å². The Morgan fingerprint density at radius 3 is 1.92 bits per heavy atom. The molecule has 0 saturated carbocycles. The van der Waals surface area contributed by atoms with Crippen LogP contribution in [0.2, 0.25) is 6.55 Å². The van der Waals surface area contributed by atoms with E-state index in [9.17, 15) is 0 Å². The van der Waals surface area contributed by atoms with Crippen LogP contribution in [0.1, 0.15) is 11.1 Å². The minimum absolute atomic E-state index is 0.600. The van der Waals surface area contributed by atoms with Crippen LogP contribution in [0.5, 0.6) is 0 Å². The number of fused-ring (bicyclic) bond motifs is 2. The van der Waals surface area contributed by atoms with Crippen molar-refractivity contribution >= 4 is 38.5 Å². The predicted octanol–water partition coefficient (Wildman–Crippen LogP) is 5.43. The summed E-state index contributed by atoms with van der Waals surface area (Å²) in [7, 11) is 1.53. The molecule has 0 spiro atoms. The Labute approximate surface area is 161 Å². The van der Waals surface area contributed by atoms with Crippen LogP contribution in [0.25, 0.3) is 5.57 Å². The number of para-hydroxylation sites is 2. The van der Waals surface area contributed by atoms with E-state index in [1.165, 1.54) is 33.0 Å². The van der Waals surface area contributed by atoms with E-state index in [2.05, 4.69) is 91.3 Å². The fourth-order valence-corrected chi connectivity index (χ4v) is 5.15. The zero-order valence-electron chi connectivity index (χ0n) is 15.0. The van der Waals surface area contributed by atoms with Gasteiger partial charge in [0.2, 0.25) is 9.76 Å². The third kappa shape index (κ3) is 3.06. The van der Waals surface area contributed by atoms with Gasteiger partial charge in [0, 0.05) is 40.0 Å². The van der Waals surface area contributed by atoms with Crippen LogP contribution in [0.15, 0.2) is 88.8 Å². The molecule has 2 nitrogen and oxygen atoms in total. The van der Waals surface area contributed by atoms with E-state index < -0.39 is 9.76 Å². The standard InChI is InChI=1S/C22H21NOSSi/c1-23-19-14-8-6-12-17(19)21(18-13-7-9-15-20(18)23)22(24-26-2)25-16-10-4-3-5-11-16/h3-15H,26H2,1-2H3. The lowest BCUT2D eigenvalue weighted by molar-refractivity contribution is 0.505. The molecule has 1 aliphatic heterocycles. The highest BCUT2D eigenvalue weighted by Crippen LogP contribution is 2.48. The van der Waals surface area contributed by atoms with Gasteiger partial charge < -0.3 is 9.33 Å². The van der Waals surface area contributed by atoms with E-state index in [4.69, 9.17) is 4.43 Å². The minimum atomic E-state index is -0.600. The average Bonchev–Trinajstić information content (AvgIpc) is 2.69. The highest BCUT2D eigenvalue weighted by Gasteiger charge is 2.27. The van der Waals surface area contributed by atoms with Crippen molar-refractivity contribution in [2.45, 2.75) is 11.4 Å². The van der Waals surface area contributed by atoms with Crippen LogP contribution in [0.3, 0.4) is 0 Å². The summed E-state index contributed by atoms with van der Waals surface area (Å²) >= 11 is 1.72. The van der Waals surface area contributed by atoms with Crippen molar-refractivity contribution in [2.24, 2.45) is 0 Å². The van der Waals surface area contributed by atoms with Crippen molar-refractivity contribution in [3.63, 3.8) is 0 Å². The number of rotatable bonds is 4. The first-order valence-corrected chi connectivity index (χ1v) is 11.6. The van der Waals surface area contributed by atoms with Crippen LogP contribution in [-0.4, -0.2) is 16.8 Å². The lowest BCUT2D eigenvalue weighted by atomic mass is 9.91. The monoisotopic (exact) mass is 375 g/mol. The van der Waals surface area contributed by atoms with Gasteiger partial charge in [0.1, 0.15) is 0 Å². The zero-order valence-corrected chi connectivity index (χ0v) is 17.2. The summed E-state index contributed by atoms with van der Waals surface area (Å²) in [5.74, 6) is 0. The Bertz CT molecular complexity index is 906. The molecule has 0 fully saturated rings. The first kappa shape index (κ1) is 17.0. The number of hydrogen-bond acceptors (Lipinski definition) is 3. The van der Waals surface area contributed by atoms with Crippen molar-refractivity contribution in [1.29, 1.82) is 0 Å². The molecule has 4 rings (SSSR count). The van der Waals surface area contributed by atoms with Gasteiger partial charge in [0.15, 0.2) is 5.09 Å². The van der Waals surface area contributed by atoms with Crippen LogP contribution in [-0.2, 0) is 4.43 Å². The molecule has 0 aliphatic carbocycles. The van der Waals surface area contributed by atoms with E-state index in [1.807, 2.05) is 6.07 Å². The number of thioether (sulfide) groups is 1. The normalized spacial score (nSPS) is 12.8. The molecule has 26 heavy (non-hydrogen) atoms. The van der Waals surface area contributed by atoms with Crippen molar-refractivity contribution in [3.05, 3.63) is 95.1 Å². The summed E-state index contributed by atoms with van der Waals surface area (Å²) in [5, 5.41) is 1.01. The minimum Gasteiger partial charge on any atom is -0.545 e. The Hall–Kier alpha value is -2.43. The van der Waals surface area contributed by atoms with Gasteiger partial charge in [-0.05, 0) is 30.8 Å². The SMILES string of the molecule is C[SiH2]OC(Sc1ccccc1)=C1c2ccccc2N(C)c2ccccc21. The van der Waals surface area contributed by atoms with Gasteiger partial charge in [-0.25, -0.2) is 0 Å². The summed E-state index contributed by atoms with van der Waals surface area (Å²) in [6, 6.07) is 27.6. The topological polar surface area (TPSA) is 12.5 Å². The fraction of sp³-hybridized carbons (Fsp3) is 0.0909. The van der Waals surface area contributed by atoms with Crippen LogP contribution >= 0.6 is 11.8 Å². The molecule has 1 heterocycles. The first-order chi connectivity index (χ1) is 12.8. The summed E-state index contributed by atoms with van der Waals surface area (Å²) in [4.78, 5) is 3.47. The van der Waals surface area contributed by atoms with Gasteiger partial charge in [-0.3, -0.25) is 0 Å². The third-order valence-corrected chi connectivity index (χ3v) is 6.30. The van der Waals surface area contributed by atoms with E-state index >= 15 is 0 Å². The quantitative estimate of drug-likeness (QED) is 0.343. The second-order valence-corrected chi connectivity index (χ2v) is 8.02. The lowest BCUT2D eigenvalue weighted by Crippen LogP contribution is -2.18. The van der Waals surface area contributed by atoms with Crippen molar-refractivity contribution in [1.82, 2.24) is 0 Å². The fourth-order valence-electron chi connectivity index (χ4n) is 3.33. The molecule has 130 valence electrons. The molecule has 0 radical (unpaired) electrons. The van der Waals surface area contributed by atoms with E-state index in [-0.39, 0.29) is 0 Å². The van der Waals surface area contributed by atoms with Gasteiger partial charge >= 0.3 is 0 Å². The maximum absolute atomic E-state index is 6.30. The lowest BCUT2D eigenvalue weighted by Gasteiger charge is -2.32. The van der Waals surface area contributed by atoms with Gasteiger partial charge in [-0.15, -0.1) is 0 Å². The molecule has 0 N–H and O–H groups in total. The largest absolute Gasteiger partial charge is 0.545 e. The molecular weight excluding hydrogens is 354 g/mol. The highest BCUT2D eigenvalue weighted by atomic mass is 32.2. The smallest absolute Gasteiger partial charge is 0.217 e. The molecule has 0 saturated heterocycles. The summed E-state index contributed by atoms with van der Waals surface area (Å²) < 4.78 is 6.30. The van der Waals surface area contributed by atoms with E-state index in [0.29, 0.717) is 0 Å². The number of anilines is 2. The van der Waals surface area contributed by atoms with Crippen LogP contribution in [0, 0.1) is 0 Å². The summed E-state index contributed by atoms with van der Waals surface area (Å²) in [5.41, 5.74) is 6.10. The Morgan fingerprint density at radius 1 is 0.808 bits per heavy atom. The van der Waals surface area contributed by atoms with Crippen molar-refractivity contribution in [2.75, 3.05) is 11.9 Å². The number of hydrogen-bond donors (Lipinski definition) is 0. The molecule has 0 aromatic heterocycles. The summed E-state index contributed by atoms with van der Waals surface area (Å²) in [6.07, 6.45) is 0. The average molecular weight is 376 g/mol. The summed E-state index contributed by atoms with van der Waals surface area (Å²) in [6.45, 7) is 2.18. The molecule has 3 aromatic carbocycles. The Morgan fingerprint density at radius 2 is 1.35 bits per heavy atom. The highest BCUT2D eigenvalue weighted by molar-refractivity contribution is 8.03. The number of benzene rings is 3.